The number of anilines is 1. The van der Waals surface area contributed by atoms with Crippen molar-refractivity contribution in [2.24, 2.45) is 5.73 Å². The number of benzene rings is 1. The Morgan fingerprint density at radius 1 is 1.14 bits per heavy atom. The zero-order valence-electron chi connectivity index (χ0n) is 11.2. The molecule has 0 spiro atoms. The highest BCUT2D eigenvalue weighted by Crippen LogP contribution is 2.20. The van der Waals surface area contributed by atoms with Crippen LogP contribution in [0.1, 0.15) is 10.5 Å². The second kappa shape index (κ2) is 7.11. The number of ether oxygens (including phenoxy) is 1. The molecular formula is C14H11Cl2N3O3. The second-order valence-electron chi connectivity index (χ2n) is 4.20. The van der Waals surface area contributed by atoms with E-state index in [0.29, 0.717) is 11.4 Å². The first-order chi connectivity index (χ1) is 10.5. The van der Waals surface area contributed by atoms with Crippen LogP contribution in [0.25, 0.3) is 0 Å². The molecule has 3 N–H and O–H groups in total. The lowest BCUT2D eigenvalue weighted by Gasteiger charge is -2.08. The van der Waals surface area contributed by atoms with Crippen molar-refractivity contribution in [1.82, 2.24) is 4.98 Å². The molecular weight excluding hydrogens is 329 g/mol. The van der Waals surface area contributed by atoms with E-state index < -0.39 is 11.8 Å². The van der Waals surface area contributed by atoms with Gasteiger partial charge in [-0.25, -0.2) is 4.98 Å². The highest BCUT2D eigenvalue weighted by atomic mass is 35.5. The van der Waals surface area contributed by atoms with Crippen molar-refractivity contribution in [3.8, 4) is 5.75 Å². The molecule has 0 saturated heterocycles. The average molecular weight is 340 g/mol. The molecule has 0 fully saturated rings. The van der Waals surface area contributed by atoms with Gasteiger partial charge in [0.1, 0.15) is 16.6 Å². The molecule has 2 rings (SSSR count). The van der Waals surface area contributed by atoms with Crippen molar-refractivity contribution < 1.29 is 14.3 Å². The first-order valence-corrected chi connectivity index (χ1v) is 6.86. The molecule has 0 unspecified atom stereocenters. The Hall–Kier alpha value is -2.31. The van der Waals surface area contributed by atoms with Crippen LogP contribution in [0.2, 0.25) is 10.2 Å². The van der Waals surface area contributed by atoms with Gasteiger partial charge in [0.05, 0.1) is 5.02 Å². The number of rotatable bonds is 5. The third kappa shape index (κ3) is 4.34. The Kier molecular flexibility index (Phi) is 5.19. The molecule has 1 heterocycles. The van der Waals surface area contributed by atoms with Crippen LogP contribution in [0.5, 0.6) is 5.75 Å². The molecule has 8 heteroatoms. The average Bonchev–Trinajstić information content (AvgIpc) is 2.49. The van der Waals surface area contributed by atoms with E-state index in [1.165, 1.54) is 12.1 Å². The van der Waals surface area contributed by atoms with Gasteiger partial charge >= 0.3 is 0 Å². The van der Waals surface area contributed by atoms with Crippen molar-refractivity contribution in [3.63, 3.8) is 0 Å². The molecule has 1 aromatic heterocycles. The zero-order chi connectivity index (χ0) is 16.1. The minimum absolute atomic E-state index is 0.0308. The van der Waals surface area contributed by atoms with Crippen LogP contribution < -0.4 is 15.8 Å². The Morgan fingerprint density at radius 2 is 1.82 bits per heavy atom. The van der Waals surface area contributed by atoms with Crippen molar-refractivity contribution in [2.45, 2.75) is 0 Å². The summed E-state index contributed by atoms with van der Waals surface area (Å²) in [6.45, 7) is -0.215. The summed E-state index contributed by atoms with van der Waals surface area (Å²) in [6, 6.07) is 9.37. The van der Waals surface area contributed by atoms with E-state index in [1.54, 1.807) is 24.3 Å². The number of aromatic nitrogens is 1. The quantitative estimate of drug-likeness (QED) is 0.818. The SMILES string of the molecule is NC(=O)COc1ccc(NC(=O)c2nc(Cl)ccc2Cl)cc1. The molecule has 22 heavy (non-hydrogen) atoms. The predicted molar refractivity (Wildman–Crippen MR) is 83.3 cm³/mol. The Labute approximate surface area is 136 Å². The Bertz CT molecular complexity index is 705. The Balaban J connectivity index is 2.05. The van der Waals surface area contributed by atoms with Gasteiger partial charge in [-0.15, -0.1) is 0 Å². The van der Waals surface area contributed by atoms with Crippen LogP contribution in [0.15, 0.2) is 36.4 Å². The molecule has 114 valence electrons. The van der Waals surface area contributed by atoms with Crippen molar-refractivity contribution in [3.05, 3.63) is 52.3 Å². The molecule has 0 saturated carbocycles. The topological polar surface area (TPSA) is 94.3 Å². The number of nitrogens with two attached hydrogens (primary N) is 1. The molecule has 1 aromatic carbocycles. The largest absolute Gasteiger partial charge is 0.484 e. The van der Waals surface area contributed by atoms with Gasteiger partial charge in [-0.1, -0.05) is 23.2 Å². The monoisotopic (exact) mass is 339 g/mol. The predicted octanol–water partition coefficient (Wildman–Crippen LogP) is 2.50. The van der Waals surface area contributed by atoms with Gasteiger partial charge in [-0.3, -0.25) is 9.59 Å². The van der Waals surface area contributed by atoms with Gasteiger partial charge in [0.15, 0.2) is 6.61 Å². The number of hydrogen-bond acceptors (Lipinski definition) is 4. The standard InChI is InChI=1S/C14H11Cl2N3O3/c15-10-5-6-11(16)19-13(10)14(21)18-8-1-3-9(4-2-8)22-7-12(17)20/h1-6H,7H2,(H2,17,20)(H,18,21). The van der Waals surface area contributed by atoms with Crippen molar-refractivity contribution >= 4 is 40.7 Å². The summed E-state index contributed by atoms with van der Waals surface area (Å²) in [7, 11) is 0. The normalized spacial score (nSPS) is 10.1. The van der Waals surface area contributed by atoms with Gasteiger partial charge in [0.2, 0.25) is 0 Å². The highest BCUT2D eigenvalue weighted by Gasteiger charge is 2.13. The van der Waals surface area contributed by atoms with Crippen LogP contribution in [0, 0.1) is 0 Å². The molecule has 0 radical (unpaired) electrons. The number of halogens is 2. The maximum absolute atomic E-state index is 12.1. The maximum atomic E-state index is 12.1. The van der Waals surface area contributed by atoms with E-state index >= 15 is 0 Å². The van der Waals surface area contributed by atoms with E-state index in [1.807, 2.05) is 0 Å². The number of amides is 2. The van der Waals surface area contributed by atoms with E-state index in [9.17, 15) is 9.59 Å². The molecule has 0 aliphatic heterocycles. The van der Waals surface area contributed by atoms with Crippen LogP contribution in [-0.4, -0.2) is 23.4 Å². The highest BCUT2D eigenvalue weighted by molar-refractivity contribution is 6.35. The summed E-state index contributed by atoms with van der Waals surface area (Å²) in [6.07, 6.45) is 0. The van der Waals surface area contributed by atoms with Gasteiger partial charge in [0, 0.05) is 5.69 Å². The fraction of sp³-hybridized carbons (Fsp3) is 0.0714. The maximum Gasteiger partial charge on any atom is 0.275 e. The molecule has 6 nitrogen and oxygen atoms in total. The number of hydrogen-bond donors (Lipinski definition) is 2. The molecule has 2 amide bonds. The number of nitrogens with zero attached hydrogens (tertiary/aromatic N) is 1. The summed E-state index contributed by atoms with van der Waals surface area (Å²) < 4.78 is 5.11. The van der Waals surface area contributed by atoms with Crippen molar-refractivity contribution in [2.75, 3.05) is 11.9 Å². The zero-order valence-corrected chi connectivity index (χ0v) is 12.7. The van der Waals surface area contributed by atoms with Crippen LogP contribution in [-0.2, 0) is 4.79 Å². The summed E-state index contributed by atoms with van der Waals surface area (Å²) in [5.74, 6) is -0.604. The van der Waals surface area contributed by atoms with E-state index in [4.69, 9.17) is 33.7 Å². The van der Waals surface area contributed by atoms with E-state index in [-0.39, 0.29) is 22.5 Å². The minimum atomic E-state index is -0.570. The summed E-state index contributed by atoms with van der Waals surface area (Å²) >= 11 is 11.6. The lowest BCUT2D eigenvalue weighted by molar-refractivity contribution is -0.119. The first-order valence-electron chi connectivity index (χ1n) is 6.10. The number of pyridine rings is 1. The fourth-order valence-electron chi connectivity index (χ4n) is 1.56. The summed E-state index contributed by atoms with van der Waals surface area (Å²) in [5, 5.41) is 3.00. The van der Waals surface area contributed by atoms with Crippen LogP contribution >= 0.6 is 23.2 Å². The minimum Gasteiger partial charge on any atom is -0.484 e. The lowest BCUT2D eigenvalue weighted by atomic mass is 10.2. The molecule has 2 aromatic rings. The number of carbonyl (C=O) groups excluding carboxylic acids is 2. The van der Waals surface area contributed by atoms with Crippen LogP contribution in [0.3, 0.4) is 0 Å². The third-order valence-corrected chi connectivity index (χ3v) is 3.04. The summed E-state index contributed by atoms with van der Waals surface area (Å²) in [5.41, 5.74) is 5.52. The van der Waals surface area contributed by atoms with Gasteiger partial charge in [-0.2, -0.15) is 0 Å². The third-order valence-electron chi connectivity index (χ3n) is 2.52. The Morgan fingerprint density at radius 3 is 2.45 bits per heavy atom. The molecule has 0 atom stereocenters. The summed E-state index contributed by atoms with van der Waals surface area (Å²) in [4.78, 5) is 26.6. The van der Waals surface area contributed by atoms with E-state index in [2.05, 4.69) is 10.3 Å². The molecule has 0 aliphatic carbocycles. The van der Waals surface area contributed by atoms with Crippen LogP contribution in [0.4, 0.5) is 5.69 Å². The number of primary amides is 1. The second-order valence-corrected chi connectivity index (χ2v) is 4.99. The van der Waals surface area contributed by atoms with E-state index in [0.717, 1.165) is 0 Å². The molecule has 0 bridgehead atoms. The lowest BCUT2D eigenvalue weighted by Crippen LogP contribution is -2.20. The number of nitrogens with one attached hydrogen (secondary N) is 1. The van der Waals surface area contributed by atoms with Gasteiger partial charge in [0.25, 0.3) is 11.8 Å². The van der Waals surface area contributed by atoms with Gasteiger partial charge in [-0.05, 0) is 36.4 Å². The fourth-order valence-corrected chi connectivity index (χ4v) is 1.90. The first kappa shape index (κ1) is 16.1. The van der Waals surface area contributed by atoms with Gasteiger partial charge < -0.3 is 15.8 Å². The smallest absolute Gasteiger partial charge is 0.275 e. The molecule has 0 aliphatic rings. The number of carbonyl (C=O) groups is 2. The van der Waals surface area contributed by atoms with Crippen molar-refractivity contribution in [1.29, 1.82) is 0 Å².